The van der Waals surface area contributed by atoms with E-state index in [4.69, 9.17) is 5.73 Å². The Morgan fingerprint density at radius 2 is 2.11 bits per heavy atom. The van der Waals surface area contributed by atoms with Crippen LogP contribution in [0.4, 0.5) is 11.4 Å². The molecule has 2 aromatic rings. The fraction of sp³-hybridized carbons (Fsp3) is 0.286. The molecule has 0 aliphatic rings. The van der Waals surface area contributed by atoms with Crippen LogP contribution in [0.3, 0.4) is 0 Å². The average molecular weight is 258 g/mol. The third kappa shape index (κ3) is 2.93. The van der Waals surface area contributed by atoms with E-state index in [2.05, 4.69) is 10.3 Å². The summed E-state index contributed by atoms with van der Waals surface area (Å²) in [6.45, 7) is 0.588. The quantitative estimate of drug-likeness (QED) is 0.819. The predicted molar refractivity (Wildman–Crippen MR) is 78.0 cm³/mol. The molecule has 1 aromatic carbocycles. The topological polar surface area (TPSA) is 71.2 Å². The SMILES string of the molecule is CN(C)C(=O)CCNc1ccc(N)c2ccncc12. The normalized spacial score (nSPS) is 10.4. The summed E-state index contributed by atoms with van der Waals surface area (Å²) in [5.74, 6) is 0.102. The van der Waals surface area contributed by atoms with E-state index in [1.165, 1.54) is 0 Å². The van der Waals surface area contributed by atoms with Crippen molar-refractivity contribution in [2.75, 3.05) is 31.7 Å². The number of nitrogens with one attached hydrogen (secondary N) is 1. The van der Waals surface area contributed by atoms with Gasteiger partial charge in [-0.15, -0.1) is 0 Å². The third-order valence-corrected chi connectivity index (χ3v) is 3.00. The van der Waals surface area contributed by atoms with E-state index < -0.39 is 0 Å². The summed E-state index contributed by atoms with van der Waals surface area (Å²) in [7, 11) is 3.51. The molecular formula is C14H18N4O. The Morgan fingerprint density at radius 1 is 1.32 bits per heavy atom. The first kappa shape index (κ1) is 13.1. The summed E-state index contributed by atoms with van der Waals surface area (Å²) in [4.78, 5) is 17.2. The fourth-order valence-electron chi connectivity index (χ4n) is 1.90. The van der Waals surface area contributed by atoms with E-state index in [-0.39, 0.29) is 5.91 Å². The maximum atomic E-state index is 11.5. The van der Waals surface area contributed by atoms with E-state index in [1.807, 2.05) is 18.2 Å². The van der Waals surface area contributed by atoms with Crippen molar-refractivity contribution < 1.29 is 4.79 Å². The molecule has 1 amide bonds. The van der Waals surface area contributed by atoms with E-state index in [0.29, 0.717) is 13.0 Å². The lowest BCUT2D eigenvalue weighted by atomic mass is 10.1. The third-order valence-electron chi connectivity index (χ3n) is 3.00. The van der Waals surface area contributed by atoms with Crippen LogP contribution >= 0.6 is 0 Å². The van der Waals surface area contributed by atoms with Gasteiger partial charge in [0.25, 0.3) is 0 Å². The van der Waals surface area contributed by atoms with Crippen molar-refractivity contribution >= 4 is 28.1 Å². The molecule has 5 nitrogen and oxygen atoms in total. The van der Waals surface area contributed by atoms with Gasteiger partial charge >= 0.3 is 0 Å². The molecule has 3 N–H and O–H groups in total. The minimum atomic E-state index is 0.102. The first-order valence-corrected chi connectivity index (χ1v) is 6.16. The van der Waals surface area contributed by atoms with Gasteiger partial charge in [0.05, 0.1) is 0 Å². The molecule has 0 bridgehead atoms. The first-order chi connectivity index (χ1) is 9.09. The molecule has 0 saturated carbocycles. The highest BCUT2D eigenvalue weighted by Gasteiger charge is 2.06. The number of benzene rings is 1. The summed E-state index contributed by atoms with van der Waals surface area (Å²) < 4.78 is 0. The van der Waals surface area contributed by atoms with E-state index in [0.717, 1.165) is 22.1 Å². The number of aromatic nitrogens is 1. The molecule has 19 heavy (non-hydrogen) atoms. The second-order valence-corrected chi connectivity index (χ2v) is 4.59. The molecule has 0 atom stereocenters. The second-order valence-electron chi connectivity index (χ2n) is 4.59. The van der Waals surface area contributed by atoms with Crippen LogP contribution in [0.5, 0.6) is 0 Å². The van der Waals surface area contributed by atoms with Gasteiger partial charge in [-0.3, -0.25) is 9.78 Å². The number of rotatable bonds is 4. The number of nitrogens with zero attached hydrogens (tertiary/aromatic N) is 2. The number of hydrogen-bond acceptors (Lipinski definition) is 4. The number of anilines is 2. The number of carbonyl (C=O) groups excluding carboxylic acids is 1. The standard InChI is InChI=1S/C14H18N4O/c1-18(2)14(19)6-8-17-13-4-3-12(15)10-5-7-16-9-11(10)13/h3-5,7,9,17H,6,8,15H2,1-2H3. The molecule has 0 radical (unpaired) electrons. The molecule has 1 heterocycles. The Hall–Kier alpha value is -2.30. The van der Waals surface area contributed by atoms with E-state index in [9.17, 15) is 4.79 Å². The summed E-state index contributed by atoms with van der Waals surface area (Å²) in [5, 5.41) is 5.20. The maximum Gasteiger partial charge on any atom is 0.223 e. The molecule has 0 spiro atoms. The Labute approximate surface area is 112 Å². The Morgan fingerprint density at radius 3 is 2.84 bits per heavy atom. The minimum absolute atomic E-state index is 0.102. The van der Waals surface area contributed by atoms with Crippen molar-refractivity contribution in [3.63, 3.8) is 0 Å². The molecule has 0 fully saturated rings. The lowest BCUT2D eigenvalue weighted by Gasteiger charge is -2.13. The zero-order chi connectivity index (χ0) is 13.8. The van der Waals surface area contributed by atoms with Crippen LogP contribution in [0.15, 0.2) is 30.6 Å². The average Bonchev–Trinajstić information content (AvgIpc) is 2.41. The molecule has 0 aliphatic heterocycles. The molecular weight excluding hydrogens is 240 g/mol. The van der Waals surface area contributed by atoms with Crippen molar-refractivity contribution in [2.24, 2.45) is 0 Å². The van der Waals surface area contributed by atoms with Crippen LogP contribution in [0.2, 0.25) is 0 Å². The lowest BCUT2D eigenvalue weighted by molar-refractivity contribution is -0.128. The molecule has 0 saturated heterocycles. The molecule has 1 aromatic heterocycles. The number of nitrogens with two attached hydrogens (primary N) is 1. The van der Waals surface area contributed by atoms with Crippen molar-refractivity contribution in [2.45, 2.75) is 6.42 Å². The van der Waals surface area contributed by atoms with Crippen LogP contribution in [-0.2, 0) is 4.79 Å². The summed E-state index contributed by atoms with van der Waals surface area (Å²) >= 11 is 0. The summed E-state index contributed by atoms with van der Waals surface area (Å²) in [6, 6.07) is 5.67. The Kier molecular flexibility index (Phi) is 3.85. The number of carbonyl (C=O) groups is 1. The number of nitrogen functional groups attached to an aromatic ring is 1. The van der Waals surface area contributed by atoms with Gasteiger partial charge in [0.2, 0.25) is 5.91 Å². The zero-order valence-corrected chi connectivity index (χ0v) is 11.2. The van der Waals surface area contributed by atoms with E-state index in [1.54, 1.807) is 31.4 Å². The van der Waals surface area contributed by atoms with Gasteiger partial charge in [-0.05, 0) is 18.2 Å². The van der Waals surface area contributed by atoms with Crippen LogP contribution in [-0.4, -0.2) is 36.4 Å². The number of pyridine rings is 1. The van der Waals surface area contributed by atoms with Crippen molar-refractivity contribution in [3.8, 4) is 0 Å². The Bertz CT molecular complexity index is 595. The number of fused-ring (bicyclic) bond motifs is 1. The first-order valence-electron chi connectivity index (χ1n) is 6.16. The van der Waals surface area contributed by atoms with Gasteiger partial charge in [-0.1, -0.05) is 0 Å². The highest BCUT2D eigenvalue weighted by atomic mass is 16.2. The second kappa shape index (κ2) is 5.56. The van der Waals surface area contributed by atoms with Crippen LogP contribution in [0.25, 0.3) is 10.8 Å². The smallest absolute Gasteiger partial charge is 0.223 e. The number of hydrogen-bond donors (Lipinski definition) is 2. The molecule has 0 aliphatic carbocycles. The van der Waals surface area contributed by atoms with Crippen molar-refractivity contribution in [1.82, 2.24) is 9.88 Å². The Balaban J connectivity index is 2.13. The highest BCUT2D eigenvalue weighted by Crippen LogP contribution is 2.27. The van der Waals surface area contributed by atoms with Crippen LogP contribution in [0, 0.1) is 0 Å². The van der Waals surface area contributed by atoms with Crippen LogP contribution < -0.4 is 11.1 Å². The van der Waals surface area contributed by atoms with E-state index >= 15 is 0 Å². The van der Waals surface area contributed by atoms with Gasteiger partial charge in [-0.2, -0.15) is 0 Å². The molecule has 2 rings (SSSR count). The number of amides is 1. The molecule has 0 unspecified atom stereocenters. The van der Waals surface area contributed by atoms with Crippen LogP contribution in [0.1, 0.15) is 6.42 Å². The lowest BCUT2D eigenvalue weighted by Crippen LogP contribution is -2.23. The van der Waals surface area contributed by atoms with Gasteiger partial charge in [0.15, 0.2) is 0 Å². The monoisotopic (exact) mass is 258 g/mol. The van der Waals surface area contributed by atoms with Gasteiger partial charge in [0, 0.05) is 61.6 Å². The summed E-state index contributed by atoms with van der Waals surface area (Å²) in [6.07, 6.45) is 3.96. The zero-order valence-electron chi connectivity index (χ0n) is 11.2. The van der Waals surface area contributed by atoms with Crippen molar-refractivity contribution in [1.29, 1.82) is 0 Å². The van der Waals surface area contributed by atoms with Gasteiger partial charge < -0.3 is 16.0 Å². The minimum Gasteiger partial charge on any atom is -0.398 e. The fourth-order valence-corrected chi connectivity index (χ4v) is 1.90. The molecule has 100 valence electrons. The predicted octanol–water partition coefficient (Wildman–Crippen LogP) is 1.71. The highest BCUT2D eigenvalue weighted by molar-refractivity contribution is 6.00. The van der Waals surface area contributed by atoms with Gasteiger partial charge in [-0.25, -0.2) is 0 Å². The van der Waals surface area contributed by atoms with Crippen molar-refractivity contribution in [3.05, 3.63) is 30.6 Å². The summed E-state index contributed by atoms with van der Waals surface area (Å²) in [5.41, 5.74) is 7.60. The maximum absolute atomic E-state index is 11.5. The van der Waals surface area contributed by atoms with Gasteiger partial charge in [0.1, 0.15) is 0 Å². The largest absolute Gasteiger partial charge is 0.398 e. The molecule has 5 heteroatoms.